The van der Waals surface area contributed by atoms with Crippen LogP contribution in [0.1, 0.15) is 41.9 Å². The largest absolute Gasteiger partial charge is 0.416 e. The average Bonchev–Trinajstić information content (AvgIpc) is 2.98. The van der Waals surface area contributed by atoms with Crippen molar-refractivity contribution in [3.05, 3.63) is 41.1 Å². The van der Waals surface area contributed by atoms with Crippen LogP contribution < -0.4 is 0 Å². The van der Waals surface area contributed by atoms with Gasteiger partial charge in [-0.2, -0.15) is 13.2 Å². The first-order valence-electron chi connectivity index (χ1n) is 7.03. The Kier molecular flexibility index (Phi) is 7.16. The molecule has 1 aromatic carbocycles. The molecule has 0 radical (unpaired) electrons. The van der Waals surface area contributed by atoms with Gasteiger partial charge in [0.25, 0.3) is 5.91 Å². The molecule has 0 spiro atoms. The molecule has 0 N–H and O–H groups in total. The number of halogens is 4. The molecule has 0 aliphatic rings. The Morgan fingerprint density at radius 3 is 2.25 bits per heavy atom. The van der Waals surface area contributed by atoms with Gasteiger partial charge < -0.3 is 4.52 Å². The number of rotatable bonds is 3. The summed E-state index contributed by atoms with van der Waals surface area (Å²) in [6.45, 7) is 7.33. The molecule has 1 heterocycles. The zero-order valence-corrected chi connectivity index (χ0v) is 13.9. The van der Waals surface area contributed by atoms with Crippen molar-refractivity contribution < 1.29 is 22.5 Å². The molecule has 0 saturated heterocycles. The Labute approximate surface area is 142 Å². The second-order valence-corrected chi connectivity index (χ2v) is 4.99. The summed E-state index contributed by atoms with van der Waals surface area (Å²) in [5, 5.41) is 3.54. The first-order valence-corrected chi connectivity index (χ1v) is 7.56. The number of carbonyl (C=O) groups excluding carboxylic acids is 1. The van der Waals surface area contributed by atoms with Crippen molar-refractivity contribution >= 4 is 24.2 Å². The fraction of sp³-hybridized carbons (Fsp3) is 0.312. The van der Waals surface area contributed by atoms with E-state index >= 15 is 0 Å². The summed E-state index contributed by atoms with van der Waals surface area (Å²) in [6, 6.07) is 4.25. The molecule has 0 aliphatic heterocycles. The van der Waals surface area contributed by atoms with Crippen LogP contribution in [0.25, 0.3) is 11.3 Å². The number of aromatic nitrogens is 1. The molecule has 0 aliphatic carbocycles. The Morgan fingerprint density at radius 1 is 1.29 bits per heavy atom. The Bertz CT molecular complexity index is 694. The molecule has 1 amide bonds. The van der Waals surface area contributed by atoms with Gasteiger partial charge in [-0.3, -0.25) is 4.79 Å². The molecule has 0 saturated carbocycles. The van der Waals surface area contributed by atoms with E-state index in [0.717, 1.165) is 12.1 Å². The van der Waals surface area contributed by atoms with Gasteiger partial charge in [0.1, 0.15) is 0 Å². The van der Waals surface area contributed by atoms with Gasteiger partial charge >= 0.3 is 6.18 Å². The molecule has 0 bridgehead atoms. The van der Waals surface area contributed by atoms with Crippen molar-refractivity contribution in [2.24, 2.45) is 4.99 Å². The van der Waals surface area contributed by atoms with Gasteiger partial charge in [-0.05, 0) is 18.9 Å². The van der Waals surface area contributed by atoms with Crippen molar-refractivity contribution in [3.8, 4) is 11.3 Å². The third-order valence-electron chi connectivity index (χ3n) is 2.74. The lowest BCUT2D eigenvalue weighted by Gasteiger charge is -2.06. The highest BCUT2D eigenvalue weighted by molar-refractivity contribution is 6.18. The van der Waals surface area contributed by atoms with Gasteiger partial charge in [-0.15, -0.1) is 11.6 Å². The number of nitrogens with zero attached hydrogens (tertiary/aromatic N) is 2. The summed E-state index contributed by atoms with van der Waals surface area (Å²) < 4.78 is 42.5. The quantitative estimate of drug-likeness (QED) is 0.547. The second-order valence-electron chi connectivity index (χ2n) is 4.72. The zero-order valence-electron chi connectivity index (χ0n) is 13.2. The minimum absolute atomic E-state index is 0.101. The van der Waals surface area contributed by atoms with E-state index in [4.69, 9.17) is 16.1 Å². The number of benzene rings is 1. The molecule has 8 heteroatoms. The first-order chi connectivity index (χ1) is 11.3. The summed E-state index contributed by atoms with van der Waals surface area (Å²) in [5.41, 5.74) is -0.305. The summed E-state index contributed by atoms with van der Waals surface area (Å²) in [4.78, 5) is 14.7. The molecule has 2 rings (SSSR count). The third-order valence-corrected chi connectivity index (χ3v) is 3.01. The Balaban J connectivity index is 0.000000891. The fourth-order valence-corrected chi connectivity index (χ4v) is 1.96. The van der Waals surface area contributed by atoms with Crippen molar-refractivity contribution in [1.29, 1.82) is 0 Å². The Morgan fingerprint density at radius 2 is 1.83 bits per heavy atom. The summed E-state index contributed by atoms with van der Waals surface area (Å²) in [7, 11) is 0. The van der Waals surface area contributed by atoms with Gasteiger partial charge in [-0.1, -0.05) is 37.6 Å². The van der Waals surface area contributed by atoms with Crippen LogP contribution in [0.15, 0.2) is 33.8 Å². The summed E-state index contributed by atoms with van der Waals surface area (Å²) in [6.07, 6.45) is -3.18. The summed E-state index contributed by atoms with van der Waals surface area (Å²) in [5.74, 6) is -0.686. The summed E-state index contributed by atoms with van der Waals surface area (Å²) >= 11 is 5.74. The molecule has 0 unspecified atom stereocenters. The standard InChI is InChI=1S/C13H8ClF3N2O2.C3H8/c1-18-12(20)10-9(6-14)11(21-19-10)7-2-4-8(5-3-7)13(15,16)17;1-3-2/h2-5H,1,6H2;3H2,1-2H3. The number of hydrogen-bond donors (Lipinski definition) is 0. The lowest BCUT2D eigenvalue weighted by Crippen LogP contribution is -2.04. The van der Waals surface area contributed by atoms with E-state index in [2.05, 4.69) is 30.7 Å². The normalized spacial score (nSPS) is 10.8. The van der Waals surface area contributed by atoms with Crippen molar-refractivity contribution in [2.45, 2.75) is 32.3 Å². The molecule has 0 atom stereocenters. The van der Waals surface area contributed by atoms with Gasteiger partial charge in [0.05, 0.1) is 11.4 Å². The maximum Gasteiger partial charge on any atom is 0.416 e. The van der Waals surface area contributed by atoms with Crippen LogP contribution in [0.4, 0.5) is 13.2 Å². The molecule has 4 nitrogen and oxygen atoms in total. The number of alkyl halides is 4. The zero-order chi connectivity index (χ0) is 18.3. The minimum atomic E-state index is -4.43. The molecule has 2 aromatic rings. The van der Waals surface area contributed by atoms with Crippen molar-refractivity contribution in [2.75, 3.05) is 0 Å². The van der Waals surface area contributed by atoms with E-state index in [0.29, 0.717) is 5.56 Å². The van der Waals surface area contributed by atoms with Gasteiger partial charge in [0.15, 0.2) is 11.5 Å². The van der Waals surface area contributed by atoms with Crippen LogP contribution in [-0.4, -0.2) is 17.8 Å². The van der Waals surface area contributed by atoms with E-state index in [1.54, 1.807) is 0 Å². The van der Waals surface area contributed by atoms with E-state index in [9.17, 15) is 18.0 Å². The highest BCUT2D eigenvalue weighted by Gasteiger charge is 2.30. The predicted octanol–water partition coefficient (Wildman–Crippen LogP) is 5.36. The SMILES string of the molecule is C=NC(=O)c1noc(-c2ccc(C(F)(F)F)cc2)c1CCl.CCC. The molecule has 1 aromatic heterocycles. The smallest absolute Gasteiger partial charge is 0.355 e. The third kappa shape index (κ3) is 4.67. The fourth-order valence-electron chi connectivity index (χ4n) is 1.71. The maximum atomic E-state index is 12.5. The van der Waals surface area contributed by atoms with Gasteiger partial charge in [0, 0.05) is 11.1 Å². The van der Waals surface area contributed by atoms with E-state index in [-0.39, 0.29) is 22.9 Å². The monoisotopic (exact) mass is 360 g/mol. The first kappa shape index (κ1) is 19.9. The van der Waals surface area contributed by atoms with E-state index in [1.165, 1.54) is 18.6 Å². The average molecular weight is 361 g/mol. The Hall–Kier alpha value is -2.15. The lowest BCUT2D eigenvalue weighted by molar-refractivity contribution is -0.137. The lowest BCUT2D eigenvalue weighted by atomic mass is 10.1. The second kappa shape index (κ2) is 8.63. The molecule has 0 fully saturated rings. The highest BCUT2D eigenvalue weighted by Crippen LogP contribution is 2.33. The van der Waals surface area contributed by atoms with Gasteiger partial charge in [-0.25, -0.2) is 4.99 Å². The van der Waals surface area contributed by atoms with E-state index < -0.39 is 17.6 Å². The number of hydrogen-bond acceptors (Lipinski definition) is 3. The van der Waals surface area contributed by atoms with Crippen LogP contribution >= 0.6 is 11.6 Å². The van der Waals surface area contributed by atoms with Crippen LogP contribution in [0, 0.1) is 0 Å². The van der Waals surface area contributed by atoms with Crippen LogP contribution in [0.3, 0.4) is 0 Å². The van der Waals surface area contributed by atoms with E-state index in [1.807, 2.05) is 0 Å². The highest BCUT2D eigenvalue weighted by atomic mass is 35.5. The van der Waals surface area contributed by atoms with Crippen molar-refractivity contribution in [1.82, 2.24) is 5.16 Å². The van der Waals surface area contributed by atoms with Crippen LogP contribution in [0.5, 0.6) is 0 Å². The predicted molar refractivity (Wildman–Crippen MR) is 86.3 cm³/mol. The van der Waals surface area contributed by atoms with Gasteiger partial charge in [0.2, 0.25) is 0 Å². The molecular formula is C16H16ClF3N2O2. The topological polar surface area (TPSA) is 55.5 Å². The van der Waals surface area contributed by atoms with Crippen LogP contribution in [-0.2, 0) is 12.1 Å². The van der Waals surface area contributed by atoms with Crippen molar-refractivity contribution in [3.63, 3.8) is 0 Å². The molecular weight excluding hydrogens is 345 g/mol. The van der Waals surface area contributed by atoms with Crippen LogP contribution in [0.2, 0.25) is 0 Å². The number of amides is 1. The number of carbonyl (C=O) groups is 1. The maximum absolute atomic E-state index is 12.5. The minimum Gasteiger partial charge on any atom is -0.355 e. The molecule has 24 heavy (non-hydrogen) atoms. The molecule has 130 valence electrons. The number of aliphatic imine (C=N–C) groups is 1.